The molecule has 0 fully saturated rings. The van der Waals surface area contributed by atoms with Gasteiger partial charge in [-0.1, -0.05) is 18.2 Å². The number of ether oxygens (including phenoxy) is 1. The summed E-state index contributed by atoms with van der Waals surface area (Å²) in [6.07, 6.45) is 1.70. The number of sulfone groups is 1. The Bertz CT molecular complexity index is 582. The number of carbonyl (C=O) groups is 1. The van der Waals surface area contributed by atoms with Crippen molar-refractivity contribution in [3.63, 3.8) is 0 Å². The monoisotopic (exact) mass is 283 g/mol. The number of hydrogen-bond donors (Lipinski definition) is 1. The van der Waals surface area contributed by atoms with Crippen molar-refractivity contribution in [2.75, 3.05) is 12.9 Å². The molecule has 0 aliphatic carbocycles. The number of para-hydroxylation sites is 1. The molecule has 0 radical (unpaired) electrons. The molecular weight excluding hydrogens is 266 g/mol. The van der Waals surface area contributed by atoms with Crippen LogP contribution < -0.4 is 10.1 Å². The van der Waals surface area contributed by atoms with Gasteiger partial charge in [0.1, 0.15) is 11.0 Å². The zero-order valence-electron chi connectivity index (χ0n) is 10.9. The Morgan fingerprint density at radius 1 is 1.42 bits per heavy atom. The minimum Gasteiger partial charge on any atom is -0.493 e. The number of nitrogens with one attached hydrogen (secondary N) is 1. The van der Waals surface area contributed by atoms with Crippen LogP contribution in [0.15, 0.2) is 24.3 Å². The van der Waals surface area contributed by atoms with E-state index in [1.807, 2.05) is 24.3 Å². The zero-order chi connectivity index (χ0) is 14.0. The first-order valence-electron chi connectivity index (χ1n) is 6.10. The molecule has 1 N–H and O–H groups in total. The first-order valence-corrected chi connectivity index (χ1v) is 8.06. The van der Waals surface area contributed by atoms with E-state index in [2.05, 4.69) is 5.32 Å². The summed E-state index contributed by atoms with van der Waals surface area (Å²) in [5, 5.41) is 1.74. The molecule has 1 amide bonds. The van der Waals surface area contributed by atoms with Crippen LogP contribution in [0, 0.1) is 0 Å². The number of amides is 1. The van der Waals surface area contributed by atoms with Gasteiger partial charge in [-0.2, -0.15) is 0 Å². The van der Waals surface area contributed by atoms with E-state index in [4.69, 9.17) is 4.74 Å². The second-order valence-corrected chi connectivity index (χ2v) is 7.07. The highest BCUT2D eigenvalue weighted by molar-refractivity contribution is 7.92. The lowest BCUT2D eigenvalue weighted by molar-refractivity contribution is -0.121. The fraction of sp³-hybridized carbons (Fsp3) is 0.462. The van der Waals surface area contributed by atoms with Crippen LogP contribution in [0.4, 0.5) is 0 Å². The van der Waals surface area contributed by atoms with Crippen LogP contribution in [0.25, 0.3) is 0 Å². The zero-order valence-corrected chi connectivity index (χ0v) is 11.7. The molecule has 0 spiro atoms. The molecule has 1 heterocycles. The van der Waals surface area contributed by atoms with E-state index < -0.39 is 21.0 Å². The van der Waals surface area contributed by atoms with Crippen LogP contribution in [0.2, 0.25) is 0 Å². The van der Waals surface area contributed by atoms with Gasteiger partial charge in [-0.15, -0.1) is 0 Å². The normalized spacial score (nSPS) is 20.0. The fourth-order valence-electron chi connectivity index (χ4n) is 1.98. The van der Waals surface area contributed by atoms with Gasteiger partial charge in [0.15, 0.2) is 9.84 Å². The number of carbonyl (C=O) groups excluding carboxylic acids is 1. The van der Waals surface area contributed by atoms with Crippen LogP contribution in [0.3, 0.4) is 0 Å². The van der Waals surface area contributed by atoms with Gasteiger partial charge >= 0.3 is 0 Å². The molecule has 5 nitrogen and oxygen atoms in total. The number of rotatable bonds is 3. The van der Waals surface area contributed by atoms with Crippen LogP contribution in [-0.4, -0.2) is 32.4 Å². The van der Waals surface area contributed by atoms with E-state index in [1.165, 1.54) is 6.92 Å². The van der Waals surface area contributed by atoms with E-state index in [0.717, 1.165) is 17.6 Å². The Balaban J connectivity index is 2.15. The molecule has 1 aromatic rings. The maximum atomic E-state index is 11.9. The summed E-state index contributed by atoms with van der Waals surface area (Å²) >= 11 is 0. The van der Waals surface area contributed by atoms with E-state index in [0.29, 0.717) is 13.0 Å². The SMILES string of the molecule is C[C@H](C(=O)N[C@H]1CCOc2ccccc21)S(C)(=O)=O. The lowest BCUT2D eigenvalue weighted by Crippen LogP contribution is -2.40. The van der Waals surface area contributed by atoms with Crippen LogP contribution in [-0.2, 0) is 14.6 Å². The third kappa shape index (κ3) is 3.07. The first-order chi connectivity index (χ1) is 8.89. The van der Waals surface area contributed by atoms with Crippen molar-refractivity contribution in [3.8, 4) is 5.75 Å². The number of fused-ring (bicyclic) bond motifs is 1. The van der Waals surface area contributed by atoms with Crippen molar-refractivity contribution < 1.29 is 17.9 Å². The van der Waals surface area contributed by atoms with Crippen LogP contribution in [0.5, 0.6) is 5.75 Å². The Labute approximate surface area is 112 Å². The topological polar surface area (TPSA) is 72.5 Å². The Kier molecular flexibility index (Phi) is 3.80. The van der Waals surface area contributed by atoms with Crippen LogP contribution >= 0.6 is 0 Å². The smallest absolute Gasteiger partial charge is 0.238 e. The molecule has 0 saturated heterocycles. The van der Waals surface area contributed by atoms with Crippen LogP contribution in [0.1, 0.15) is 24.9 Å². The quantitative estimate of drug-likeness (QED) is 0.900. The van der Waals surface area contributed by atoms with Gasteiger partial charge in [0.2, 0.25) is 5.91 Å². The predicted octanol–water partition coefficient (Wildman–Crippen LogP) is 1.06. The molecule has 0 aromatic heterocycles. The molecule has 2 atom stereocenters. The van der Waals surface area contributed by atoms with Gasteiger partial charge < -0.3 is 10.1 Å². The maximum Gasteiger partial charge on any atom is 0.238 e. The van der Waals surface area contributed by atoms with Crippen molar-refractivity contribution in [1.82, 2.24) is 5.32 Å². The van der Waals surface area contributed by atoms with Crippen molar-refractivity contribution in [3.05, 3.63) is 29.8 Å². The van der Waals surface area contributed by atoms with Crippen molar-refractivity contribution in [2.24, 2.45) is 0 Å². The largest absolute Gasteiger partial charge is 0.493 e. The van der Waals surface area contributed by atoms with Gasteiger partial charge in [-0.3, -0.25) is 4.79 Å². The van der Waals surface area contributed by atoms with E-state index in [-0.39, 0.29) is 6.04 Å². The summed E-state index contributed by atoms with van der Waals surface area (Å²) in [6.45, 7) is 1.91. The molecule has 2 rings (SSSR count). The fourth-order valence-corrected chi connectivity index (χ4v) is 2.43. The van der Waals surface area contributed by atoms with Crippen molar-refractivity contribution in [2.45, 2.75) is 24.6 Å². The molecule has 6 heteroatoms. The van der Waals surface area contributed by atoms with Gasteiger partial charge in [0, 0.05) is 18.2 Å². The second-order valence-electron chi connectivity index (χ2n) is 4.71. The number of hydrogen-bond acceptors (Lipinski definition) is 4. The first kappa shape index (κ1) is 13.9. The summed E-state index contributed by atoms with van der Waals surface area (Å²) in [5.41, 5.74) is 0.891. The highest BCUT2D eigenvalue weighted by atomic mass is 32.2. The minimum absolute atomic E-state index is 0.193. The third-order valence-electron chi connectivity index (χ3n) is 3.29. The number of benzene rings is 1. The van der Waals surface area contributed by atoms with Gasteiger partial charge in [-0.25, -0.2) is 8.42 Å². The van der Waals surface area contributed by atoms with E-state index in [9.17, 15) is 13.2 Å². The summed E-state index contributed by atoms with van der Waals surface area (Å²) in [7, 11) is -3.37. The molecule has 104 valence electrons. The molecule has 0 bridgehead atoms. The van der Waals surface area contributed by atoms with Crippen molar-refractivity contribution >= 4 is 15.7 Å². The minimum atomic E-state index is -3.37. The average Bonchev–Trinajstić information content (AvgIpc) is 2.37. The molecule has 1 aliphatic heterocycles. The Hall–Kier alpha value is -1.56. The summed E-state index contributed by atoms with van der Waals surface area (Å²) < 4.78 is 28.2. The lowest BCUT2D eigenvalue weighted by Gasteiger charge is -2.27. The molecule has 0 saturated carbocycles. The molecule has 19 heavy (non-hydrogen) atoms. The standard InChI is InChI=1S/C13H17NO4S/c1-9(19(2,16)17)13(15)14-11-7-8-18-12-6-4-3-5-10(11)12/h3-6,9,11H,7-8H2,1-2H3,(H,14,15)/t9-,11+/m1/s1. The van der Waals surface area contributed by atoms with E-state index >= 15 is 0 Å². The molecular formula is C13H17NO4S. The second kappa shape index (κ2) is 5.21. The predicted molar refractivity (Wildman–Crippen MR) is 71.7 cm³/mol. The molecule has 1 aliphatic rings. The van der Waals surface area contributed by atoms with E-state index in [1.54, 1.807) is 0 Å². The van der Waals surface area contributed by atoms with Gasteiger partial charge in [-0.05, 0) is 13.0 Å². The van der Waals surface area contributed by atoms with Crippen molar-refractivity contribution in [1.29, 1.82) is 0 Å². The maximum absolute atomic E-state index is 11.9. The third-order valence-corrected chi connectivity index (χ3v) is 4.78. The summed E-state index contributed by atoms with van der Waals surface area (Å²) in [6, 6.07) is 7.26. The highest BCUT2D eigenvalue weighted by Gasteiger charge is 2.28. The lowest BCUT2D eigenvalue weighted by atomic mass is 10.0. The Morgan fingerprint density at radius 3 is 2.79 bits per heavy atom. The molecule has 0 unspecified atom stereocenters. The highest BCUT2D eigenvalue weighted by Crippen LogP contribution is 2.31. The average molecular weight is 283 g/mol. The van der Waals surface area contributed by atoms with Gasteiger partial charge in [0.25, 0.3) is 0 Å². The summed E-state index contributed by atoms with van der Waals surface area (Å²) in [4.78, 5) is 11.9. The summed E-state index contributed by atoms with van der Waals surface area (Å²) in [5.74, 6) is 0.273. The Morgan fingerprint density at radius 2 is 2.11 bits per heavy atom. The molecule has 1 aromatic carbocycles. The van der Waals surface area contributed by atoms with Gasteiger partial charge in [0.05, 0.1) is 12.6 Å².